The van der Waals surface area contributed by atoms with Gasteiger partial charge in [0.2, 0.25) is 0 Å². The first kappa shape index (κ1) is 22.7. The maximum Gasteiger partial charge on any atom is 0.162 e. The smallest absolute Gasteiger partial charge is 0.162 e. The van der Waals surface area contributed by atoms with Crippen molar-refractivity contribution in [1.29, 1.82) is 0 Å². The minimum absolute atomic E-state index is 0.0874. The van der Waals surface area contributed by atoms with E-state index in [1.54, 1.807) is 6.08 Å². The van der Waals surface area contributed by atoms with Crippen LogP contribution in [-0.2, 0) is 23.3 Å². The van der Waals surface area contributed by atoms with E-state index in [0.717, 1.165) is 19.4 Å². The predicted molar refractivity (Wildman–Crippen MR) is 106 cm³/mol. The molecule has 0 fully saturated rings. The second-order valence-electron chi connectivity index (χ2n) is 6.80. The van der Waals surface area contributed by atoms with Crippen molar-refractivity contribution in [3.05, 3.63) is 24.0 Å². The van der Waals surface area contributed by atoms with E-state index in [9.17, 15) is 4.79 Å². The summed E-state index contributed by atoms with van der Waals surface area (Å²) in [5.41, 5.74) is -0.369. The number of rotatable bonds is 12. The van der Waals surface area contributed by atoms with Crippen molar-refractivity contribution < 1.29 is 23.3 Å². The van der Waals surface area contributed by atoms with Crippen LogP contribution in [-0.4, -0.2) is 37.8 Å². The molecular formula is C18H32O5P2. The first-order valence-electron chi connectivity index (χ1n) is 8.77. The highest BCUT2D eigenvalue weighted by molar-refractivity contribution is 7.10. The first-order valence-corrected chi connectivity index (χ1v) is 9.71. The van der Waals surface area contributed by atoms with Crippen LogP contribution in [0.1, 0.15) is 46.5 Å². The zero-order chi connectivity index (χ0) is 18.7. The zero-order valence-electron chi connectivity index (χ0n) is 15.5. The summed E-state index contributed by atoms with van der Waals surface area (Å²) in [6, 6.07) is 0. The van der Waals surface area contributed by atoms with Crippen LogP contribution in [0.15, 0.2) is 24.0 Å². The monoisotopic (exact) mass is 390 g/mol. The molecule has 3 unspecified atom stereocenters. The maximum absolute atomic E-state index is 12.1. The van der Waals surface area contributed by atoms with Gasteiger partial charge in [0.05, 0.1) is 19.3 Å². The summed E-state index contributed by atoms with van der Waals surface area (Å²) in [6.45, 7) is 7.90. The van der Waals surface area contributed by atoms with E-state index < -0.39 is 0 Å². The van der Waals surface area contributed by atoms with Crippen LogP contribution in [0.3, 0.4) is 0 Å². The second-order valence-corrected chi connectivity index (χ2v) is 7.40. The molecule has 0 aromatic carbocycles. The zero-order valence-corrected chi connectivity index (χ0v) is 17.8. The van der Waals surface area contributed by atoms with Gasteiger partial charge in [-0.3, -0.25) is 4.79 Å². The number of carbonyl (C=O) groups excluding carboxylic acids is 1. The van der Waals surface area contributed by atoms with Gasteiger partial charge in [0.25, 0.3) is 0 Å². The number of ether oxygens (including phenoxy) is 2. The molecule has 0 bridgehead atoms. The molecule has 1 rings (SSSR count). The molecule has 0 saturated heterocycles. The molecule has 7 heteroatoms. The number of allylic oxidation sites excluding steroid dienone is 2. The Kier molecular flexibility index (Phi) is 11.0. The Morgan fingerprint density at radius 3 is 2.84 bits per heavy atom. The third-order valence-corrected chi connectivity index (χ3v) is 4.62. The molecule has 0 radical (unpaired) electrons. The summed E-state index contributed by atoms with van der Waals surface area (Å²) in [7, 11) is 4.50. The lowest BCUT2D eigenvalue weighted by molar-refractivity contribution is -0.120. The third kappa shape index (κ3) is 8.75. The average molecular weight is 390 g/mol. The lowest BCUT2D eigenvalue weighted by Gasteiger charge is -2.33. The predicted octanol–water partition coefficient (Wildman–Crippen LogP) is 4.00. The standard InChI is InChI=1S/C18H32O5P2/c1-4-5-8-20-13-16(23-25)12-15-10-14(19)11-17(22-15)18(2,3)7-6-9-21-24/h6-7,11,15-16H,4-5,8-10,12-13,24-25H2,1-3H3/b7-6+/t15?,16-/m1/s1. The highest BCUT2D eigenvalue weighted by atomic mass is 31.0. The highest BCUT2D eigenvalue weighted by Gasteiger charge is 2.31. The van der Waals surface area contributed by atoms with Gasteiger partial charge in [-0.1, -0.05) is 25.5 Å². The molecule has 0 amide bonds. The number of hydrogen-bond donors (Lipinski definition) is 0. The third-order valence-electron chi connectivity index (χ3n) is 4.04. The van der Waals surface area contributed by atoms with Gasteiger partial charge in [0.15, 0.2) is 5.78 Å². The normalized spacial score (nSPS) is 19.8. The minimum atomic E-state index is -0.369. The van der Waals surface area contributed by atoms with Gasteiger partial charge in [0.1, 0.15) is 11.9 Å². The van der Waals surface area contributed by atoms with E-state index in [0.29, 0.717) is 31.8 Å². The van der Waals surface area contributed by atoms with Crippen LogP contribution < -0.4 is 0 Å². The van der Waals surface area contributed by atoms with Crippen molar-refractivity contribution in [2.75, 3.05) is 19.8 Å². The fourth-order valence-electron chi connectivity index (χ4n) is 2.55. The number of unbranched alkanes of at least 4 members (excludes halogenated alkanes) is 1. The molecular weight excluding hydrogens is 358 g/mol. The molecule has 1 heterocycles. The maximum atomic E-state index is 12.1. The molecule has 25 heavy (non-hydrogen) atoms. The molecule has 1 aliphatic rings. The Labute approximate surface area is 156 Å². The van der Waals surface area contributed by atoms with E-state index in [1.165, 1.54) is 0 Å². The van der Waals surface area contributed by atoms with Gasteiger partial charge in [-0.2, -0.15) is 0 Å². The van der Waals surface area contributed by atoms with Crippen molar-refractivity contribution in [3.8, 4) is 0 Å². The number of hydrogen-bond acceptors (Lipinski definition) is 5. The Morgan fingerprint density at radius 1 is 1.44 bits per heavy atom. The van der Waals surface area contributed by atoms with Crippen LogP contribution in [0.4, 0.5) is 0 Å². The second kappa shape index (κ2) is 12.1. The molecule has 5 nitrogen and oxygen atoms in total. The lowest BCUT2D eigenvalue weighted by Crippen LogP contribution is -2.32. The topological polar surface area (TPSA) is 54.0 Å². The molecule has 4 atom stereocenters. The Hall–Kier alpha value is -0.310. The Bertz CT molecular complexity index is 462. The first-order chi connectivity index (χ1) is 11.9. The number of ketones is 1. The van der Waals surface area contributed by atoms with E-state index in [-0.39, 0.29) is 23.4 Å². The summed E-state index contributed by atoms with van der Waals surface area (Å²) >= 11 is 0. The van der Waals surface area contributed by atoms with Crippen LogP contribution in [0.25, 0.3) is 0 Å². The lowest BCUT2D eigenvalue weighted by atomic mass is 9.87. The fourth-order valence-corrected chi connectivity index (χ4v) is 2.85. The van der Waals surface area contributed by atoms with Crippen LogP contribution >= 0.6 is 18.9 Å². The van der Waals surface area contributed by atoms with Crippen molar-refractivity contribution >= 4 is 24.7 Å². The van der Waals surface area contributed by atoms with Crippen molar-refractivity contribution in [2.24, 2.45) is 5.41 Å². The van der Waals surface area contributed by atoms with Crippen LogP contribution in [0, 0.1) is 5.41 Å². The minimum Gasteiger partial charge on any atom is -0.493 e. The van der Waals surface area contributed by atoms with E-state index >= 15 is 0 Å². The van der Waals surface area contributed by atoms with Gasteiger partial charge >= 0.3 is 0 Å². The summed E-state index contributed by atoms with van der Waals surface area (Å²) in [4.78, 5) is 12.1. The molecule has 0 N–H and O–H groups in total. The highest BCUT2D eigenvalue weighted by Crippen LogP contribution is 2.34. The molecule has 0 saturated carbocycles. The molecule has 144 valence electrons. The van der Waals surface area contributed by atoms with Gasteiger partial charge < -0.3 is 18.5 Å². The van der Waals surface area contributed by atoms with Gasteiger partial charge in [0, 0.05) is 49.9 Å². The Morgan fingerprint density at radius 2 is 2.20 bits per heavy atom. The van der Waals surface area contributed by atoms with E-state index in [2.05, 4.69) is 25.9 Å². The molecule has 0 aromatic heterocycles. The molecule has 0 aromatic rings. The molecule has 0 spiro atoms. The van der Waals surface area contributed by atoms with Gasteiger partial charge in [-0.05, 0) is 20.3 Å². The summed E-state index contributed by atoms with van der Waals surface area (Å²) in [5.74, 6) is 0.771. The van der Waals surface area contributed by atoms with E-state index in [4.69, 9.17) is 18.5 Å². The van der Waals surface area contributed by atoms with Gasteiger partial charge in [-0.15, -0.1) is 0 Å². The summed E-state index contributed by atoms with van der Waals surface area (Å²) in [6.07, 6.45) is 8.35. The average Bonchev–Trinajstić information content (AvgIpc) is 2.57. The molecule has 1 aliphatic heterocycles. The largest absolute Gasteiger partial charge is 0.493 e. The van der Waals surface area contributed by atoms with Crippen molar-refractivity contribution in [2.45, 2.75) is 58.7 Å². The number of carbonyl (C=O) groups is 1. The van der Waals surface area contributed by atoms with E-state index in [1.807, 2.05) is 26.0 Å². The van der Waals surface area contributed by atoms with Crippen LogP contribution in [0.5, 0.6) is 0 Å². The van der Waals surface area contributed by atoms with Crippen molar-refractivity contribution in [1.82, 2.24) is 0 Å². The summed E-state index contributed by atoms with van der Waals surface area (Å²) < 4.78 is 22.1. The van der Waals surface area contributed by atoms with Crippen LogP contribution in [0.2, 0.25) is 0 Å². The van der Waals surface area contributed by atoms with Crippen molar-refractivity contribution in [3.63, 3.8) is 0 Å². The fraction of sp³-hybridized carbons (Fsp3) is 0.722. The molecule has 0 aliphatic carbocycles. The quantitative estimate of drug-likeness (QED) is 0.286. The van der Waals surface area contributed by atoms with Gasteiger partial charge in [-0.25, -0.2) is 0 Å². The SMILES string of the molecule is CCCCOC[C@@H](CC1CC(=O)C=C(C(C)(C)/C=C/COP)O1)OP. The Balaban J connectivity index is 2.62. The summed E-state index contributed by atoms with van der Waals surface area (Å²) in [5, 5.41) is 0.